The Morgan fingerprint density at radius 1 is 1.53 bits per heavy atom. The van der Waals surface area contributed by atoms with Gasteiger partial charge in [-0.3, -0.25) is 0 Å². The number of carbonyl (C=O) groups is 1. The average Bonchev–Trinajstić information content (AvgIpc) is 2.88. The molecule has 0 spiro atoms. The smallest absolute Gasteiger partial charge is 0.354 e. The molecule has 0 unspecified atom stereocenters. The van der Waals surface area contributed by atoms with E-state index in [1.165, 1.54) is 23.7 Å². The molecule has 1 atom stereocenters. The number of esters is 1. The molecule has 0 radical (unpaired) electrons. The number of piperidine rings is 1. The average molecular weight is 286 g/mol. The highest BCUT2D eigenvalue weighted by molar-refractivity contribution is 7.89. The molecule has 106 valence electrons. The minimum absolute atomic E-state index is 0.113. The van der Waals surface area contributed by atoms with E-state index in [2.05, 4.69) is 9.72 Å². The standard InChI is InChI=1S/C12H18N2O4S/c1-9-4-3-5-14(8-9)19(16,17)10-6-11(13-7-10)12(15)18-2/h6-7,9,13H,3-5,8H2,1-2H3/t9-/m1/s1. The van der Waals surface area contributed by atoms with Crippen LogP contribution >= 0.6 is 0 Å². The van der Waals surface area contributed by atoms with E-state index in [1.54, 1.807) is 0 Å². The molecule has 0 aliphatic carbocycles. The van der Waals surface area contributed by atoms with Gasteiger partial charge in [-0.25, -0.2) is 13.2 Å². The van der Waals surface area contributed by atoms with Crippen LogP contribution in [0, 0.1) is 5.92 Å². The van der Waals surface area contributed by atoms with Crippen LogP contribution in [0.2, 0.25) is 0 Å². The van der Waals surface area contributed by atoms with Crippen LogP contribution in [0.25, 0.3) is 0 Å². The van der Waals surface area contributed by atoms with Crippen LogP contribution in [0.15, 0.2) is 17.2 Å². The van der Waals surface area contributed by atoms with Crippen LogP contribution < -0.4 is 0 Å². The predicted molar refractivity (Wildman–Crippen MR) is 69.3 cm³/mol. The van der Waals surface area contributed by atoms with Crippen molar-refractivity contribution >= 4 is 16.0 Å². The zero-order valence-corrected chi connectivity index (χ0v) is 11.9. The van der Waals surface area contributed by atoms with E-state index in [9.17, 15) is 13.2 Å². The summed E-state index contributed by atoms with van der Waals surface area (Å²) < 4.78 is 30.8. The summed E-state index contributed by atoms with van der Waals surface area (Å²) in [6.45, 7) is 3.10. The first kappa shape index (κ1) is 14.1. The fourth-order valence-electron chi connectivity index (χ4n) is 2.26. The zero-order valence-electron chi connectivity index (χ0n) is 11.0. The van der Waals surface area contributed by atoms with Crippen LogP contribution in [-0.2, 0) is 14.8 Å². The highest BCUT2D eigenvalue weighted by Crippen LogP contribution is 2.23. The highest BCUT2D eigenvalue weighted by Gasteiger charge is 2.29. The molecule has 1 aliphatic rings. The van der Waals surface area contributed by atoms with Crippen LogP contribution in [0.3, 0.4) is 0 Å². The summed E-state index contributed by atoms with van der Waals surface area (Å²) in [5, 5.41) is 0. The van der Waals surface area contributed by atoms with Crippen LogP contribution in [0.1, 0.15) is 30.3 Å². The van der Waals surface area contributed by atoms with E-state index in [1.807, 2.05) is 6.92 Å². The second-order valence-electron chi connectivity index (χ2n) is 4.85. The number of aromatic nitrogens is 1. The lowest BCUT2D eigenvalue weighted by molar-refractivity contribution is 0.0595. The summed E-state index contributed by atoms with van der Waals surface area (Å²) >= 11 is 0. The molecule has 0 aromatic carbocycles. The number of nitrogens with one attached hydrogen (secondary N) is 1. The zero-order chi connectivity index (χ0) is 14.0. The molecule has 0 amide bonds. The first-order valence-electron chi connectivity index (χ1n) is 6.22. The molecule has 7 heteroatoms. The Labute approximate surface area is 112 Å². The Morgan fingerprint density at radius 2 is 2.26 bits per heavy atom. The van der Waals surface area contributed by atoms with Gasteiger partial charge in [0.15, 0.2) is 0 Å². The van der Waals surface area contributed by atoms with Gasteiger partial charge in [0.25, 0.3) is 0 Å². The predicted octanol–water partition coefficient (Wildman–Crippen LogP) is 1.22. The van der Waals surface area contributed by atoms with E-state index in [-0.39, 0.29) is 10.6 Å². The fraction of sp³-hybridized carbons (Fsp3) is 0.583. The Morgan fingerprint density at radius 3 is 2.89 bits per heavy atom. The topological polar surface area (TPSA) is 79.5 Å². The molecule has 19 heavy (non-hydrogen) atoms. The summed E-state index contributed by atoms with van der Waals surface area (Å²) in [4.78, 5) is 14.1. The minimum atomic E-state index is -3.52. The summed E-state index contributed by atoms with van der Waals surface area (Å²) in [7, 11) is -2.27. The van der Waals surface area contributed by atoms with Crippen LogP contribution in [-0.4, -0.2) is 43.9 Å². The second kappa shape index (κ2) is 5.34. The molecule has 1 aliphatic heterocycles. The van der Waals surface area contributed by atoms with Crippen molar-refractivity contribution in [3.8, 4) is 0 Å². The molecular weight excluding hydrogens is 268 g/mol. The van der Waals surface area contributed by atoms with Crippen molar-refractivity contribution in [1.29, 1.82) is 0 Å². The number of rotatable bonds is 3. The lowest BCUT2D eigenvalue weighted by Gasteiger charge is -2.29. The van der Waals surface area contributed by atoms with Gasteiger partial charge >= 0.3 is 5.97 Å². The molecule has 1 saturated heterocycles. The van der Waals surface area contributed by atoms with E-state index in [4.69, 9.17) is 0 Å². The van der Waals surface area contributed by atoms with Crippen molar-refractivity contribution < 1.29 is 17.9 Å². The van der Waals surface area contributed by atoms with E-state index in [0.29, 0.717) is 19.0 Å². The Kier molecular flexibility index (Phi) is 3.96. The van der Waals surface area contributed by atoms with Crippen molar-refractivity contribution in [2.45, 2.75) is 24.7 Å². The summed E-state index contributed by atoms with van der Waals surface area (Å²) in [6, 6.07) is 1.32. The summed E-state index contributed by atoms with van der Waals surface area (Å²) in [6.07, 6.45) is 3.25. The number of aromatic amines is 1. The maximum absolute atomic E-state index is 12.4. The quantitative estimate of drug-likeness (QED) is 0.847. The number of H-pyrrole nitrogens is 1. The monoisotopic (exact) mass is 286 g/mol. The largest absolute Gasteiger partial charge is 0.464 e. The van der Waals surface area contributed by atoms with Crippen molar-refractivity contribution in [3.05, 3.63) is 18.0 Å². The Balaban J connectivity index is 2.24. The first-order chi connectivity index (χ1) is 8.95. The molecule has 1 N–H and O–H groups in total. The molecule has 2 heterocycles. The van der Waals surface area contributed by atoms with Crippen molar-refractivity contribution in [1.82, 2.24) is 9.29 Å². The first-order valence-corrected chi connectivity index (χ1v) is 7.66. The minimum Gasteiger partial charge on any atom is -0.464 e. The number of methoxy groups -OCH3 is 1. The van der Waals surface area contributed by atoms with E-state index < -0.39 is 16.0 Å². The third kappa shape index (κ3) is 2.82. The van der Waals surface area contributed by atoms with Gasteiger partial charge in [0, 0.05) is 19.3 Å². The molecule has 6 nitrogen and oxygen atoms in total. The molecule has 0 bridgehead atoms. The molecule has 1 aromatic rings. The van der Waals surface area contributed by atoms with Gasteiger partial charge < -0.3 is 9.72 Å². The third-order valence-corrected chi connectivity index (χ3v) is 5.16. The number of ether oxygens (including phenoxy) is 1. The van der Waals surface area contributed by atoms with Gasteiger partial charge in [0.2, 0.25) is 10.0 Å². The molecule has 2 rings (SSSR count). The number of hydrogen-bond donors (Lipinski definition) is 1. The van der Waals surface area contributed by atoms with Gasteiger partial charge in [0.1, 0.15) is 10.6 Å². The number of nitrogens with zero attached hydrogens (tertiary/aromatic N) is 1. The molecular formula is C12H18N2O4S. The molecule has 0 saturated carbocycles. The normalized spacial score (nSPS) is 21.3. The van der Waals surface area contributed by atoms with E-state index >= 15 is 0 Å². The maximum atomic E-state index is 12.4. The van der Waals surface area contributed by atoms with E-state index in [0.717, 1.165) is 12.8 Å². The summed E-state index contributed by atoms with van der Waals surface area (Å²) in [5.41, 5.74) is 0.145. The van der Waals surface area contributed by atoms with Gasteiger partial charge in [-0.05, 0) is 24.8 Å². The maximum Gasteiger partial charge on any atom is 0.354 e. The van der Waals surface area contributed by atoms with Gasteiger partial charge in [-0.1, -0.05) is 6.92 Å². The highest BCUT2D eigenvalue weighted by atomic mass is 32.2. The molecule has 1 fully saturated rings. The SMILES string of the molecule is COC(=O)c1cc(S(=O)(=O)N2CCC[C@@H](C)C2)c[nH]1. The van der Waals surface area contributed by atoms with Gasteiger partial charge in [-0.15, -0.1) is 0 Å². The van der Waals surface area contributed by atoms with Crippen LogP contribution in [0.5, 0.6) is 0 Å². The van der Waals surface area contributed by atoms with Gasteiger partial charge in [0.05, 0.1) is 7.11 Å². The number of sulfonamides is 1. The van der Waals surface area contributed by atoms with Crippen molar-refractivity contribution in [2.24, 2.45) is 5.92 Å². The summed E-state index contributed by atoms with van der Waals surface area (Å²) in [5.74, 6) is -0.212. The van der Waals surface area contributed by atoms with Crippen LogP contribution in [0.4, 0.5) is 0 Å². The third-order valence-electron chi connectivity index (χ3n) is 3.32. The Hall–Kier alpha value is -1.34. The number of hydrogen-bond acceptors (Lipinski definition) is 4. The lowest BCUT2D eigenvalue weighted by atomic mass is 10.0. The van der Waals surface area contributed by atoms with Gasteiger partial charge in [-0.2, -0.15) is 4.31 Å². The van der Waals surface area contributed by atoms with Crippen molar-refractivity contribution in [2.75, 3.05) is 20.2 Å². The Bertz CT molecular complexity index is 564. The molecule has 1 aromatic heterocycles. The number of carbonyl (C=O) groups excluding carboxylic acids is 1. The fourth-order valence-corrected chi connectivity index (χ4v) is 3.86. The lowest BCUT2D eigenvalue weighted by Crippen LogP contribution is -2.38. The second-order valence-corrected chi connectivity index (χ2v) is 6.79. The van der Waals surface area contributed by atoms with Crippen molar-refractivity contribution in [3.63, 3.8) is 0 Å².